The van der Waals surface area contributed by atoms with E-state index in [-0.39, 0.29) is 5.82 Å². The van der Waals surface area contributed by atoms with Crippen molar-refractivity contribution in [1.29, 1.82) is 0 Å². The Morgan fingerprint density at radius 1 is 1.39 bits per heavy atom. The van der Waals surface area contributed by atoms with Gasteiger partial charge in [-0.2, -0.15) is 0 Å². The smallest absolute Gasteiger partial charge is 0.128 e. The molecule has 0 saturated heterocycles. The summed E-state index contributed by atoms with van der Waals surface area (Å²) in [4.78, 5) is 0. The van der Waals surface area contributed by atoms with Gasteiger partial charge in [-0.15, -0.1) is 5.10 Å². The van der Waals surface area contributed by atoms with Crippen LogP contribution in [0.3, 0.4) is 0 Å². The number of aromatic nitrogens is 3. The molecule has 1 aromatic heterocycles. The van der Waals surface area contributed by atoms with Crippen LogP contribution in [0.4, 0.5) is 4.39 Å². The molecule has 0 amide bonds. The van der Waals surface area contributed by atoms with E-state index in [0.717, 1.165) is 5.69 Å². The van der Waals surface area contributed by atoms with Gasteiger partial charge in [-0.25, -0.2) is 4.39 Å². The molecule has 2 aromatic rings. The summed E-state index contributed by atoms with van der Waals surface area (Å²) in [5.41, 5.74) is 6.89. The average Bonchev–Trinajstić information content (AvgIpc) is 2.75. The summed E-state index contributed by atoms with van der Waals surface area (Å²) < 4.78 is 15.5. The number of benzene rings is 1. The largest absolute Gasteiger partial charge is 0.321 e. The molecule has 1 unspecified atom stereocenters. The van der Waals surface area contributed by atoms with Gasteiger partial charge in [0.05, 0.1) is 5.69 Å². The number of halogens is 1. The molecule has 18 heavy (non-hydrogen) atoms. The summed E-state index contributed by atoms with van der Waals surface area (Å²) in [6.07, 6.45) is 2.90. The van der Waals surface area contributed by atoms with Crippen LogP contribution < -0.4 is 5.73 Å². The first-order chi connectivity index (χ1) is 8.55. The van der Waals surface area contributed by atoms with Crippen molar-refractivity contribution in [2.45, 2.75) is 25.3 Å². The maximum absolute atomic E-state index is 13.9. The number of rotatable bonds is 4. The number of nitrogens with zero attached hydrogens (tertiary/aromatic N) is 3. The zero-order valence-corrected chi connectivity index (χ0v) is 10.6. The molecule has 1 atom stereocenters. The normalized spacial score (nSPS) is 14.4. The van der Waals surface area contributed by atoms with Crippen LogP contribution in [0.5, 0.6) is 0 Å². The Bertz CT molecular complexity index is 537. The predicted molar refractivity (Wildman–Crippen MR) is 67.3 cm³/mol. The highest BCUT2D eigenvalue weighted by Crippen LogP contribution is 2.27. The Labute approximate surface area is 106 Å². The van der Waals surface area contributed by atoms with Gasteiger partial charge in [0.15, 0.2) is 0 Å². The minimum absolute atomic E-state index is 0.272. The van der Waals surface area contributed by atoms with Gasteiger partial charge in [-0.05, 0) is 12.5 Å². The second kappa shape index (κ2) is 4.86. The van der Waals surface area contributed by atoms with Crippen LogP contribution in [0, 0.1) is 5.82 Å². The van der Waals surface area contributed by atoms with Gasteiger partial charge in [0.25, 0.3) is 0 Å². The van der Waals surface area contributed by atoms with Crippen LogP contribution in [-0.4, -0.2) is 15.0 Å². The van der Waals surface area contributed by atoms with Crippen molar-refractivity contribution in [3.63, 3.8) is 0 Å². The molecule has 4 nitrogen and oxygen atoms in total. The molecule has 2 N–H and O–H groups in total. The molecule has 0 aliphatic heterocycles. The van der Waals surface area contributed by atoms with E-state index in [1.807, 2.05) is 6.92 Å². The second-order valence-corrected chi connectivity index (χ2v) is 4.55. The quantitative estimate of drug-likeness (QED) is 0.897. The number of nitrogens with two attached hydrogens (primary N) is 1. The maximum atomic E-state index is 13.9. The van der Waals surface area contributed by atoms with Gasteiger partial charge in [-0.1, -0.05) is 30.3 Å². The molecule has 0 aliphatic rings. The van der Waals surface area contributed by atoms with E-state index in [4.69, 9.17) is 5.73 Å². The summed E-state index contributed by atoms with van der Waals surface area (Å²) in [6.45, 7) is 1.95. The summed E-state index contributed by atoms with van der Waals surface area (Å²) >= 11 is 0. The summed E-state index contributed by atoms with van der Waals surface area (Å²) in [5.74, 6) is -0.272. The van der Waals surface area contributed by atoms with E-state index in [2.05, 4.69) is 10.3 Å². The molecule has 0 aliphatic carbocycles. The molecule has 0 bridgehead atoms. The van der Waals surface area contributed by atoms with Crippen molar-refractivity contribution in [2.24, 2.45) is 12.8 Å². The molecular formula is C13H17FN4. The van der Waals surface area contributed by atoms with Crippen LogP contribution in [0.1, 0.15) is 24.6 Å². The summed E-state index contributed by atoms with van der Waals surface area (Å²) in [5, 5.41) is 7.88. The van der Waals surface area contributed by atoms with Gasteiger partial charge < -0.3 is 5.73 Å². The minimum Gasteiger partial charge on any atom is -0.321 e. The fourth-order valence-corrected chi connectivity index (χ4v) is 2.08. The molecule has 1 aromatic carbocycles. The first kappa shape index (κ1) is 12.7. The number of hydrogen-bond donors (Lipinski definition) is 1. The van der Waals surface area contributed by atoms with Crippen LogP contribution >= 0.6 is 0 Å². The first-order valence-electron chi connectivity index (χ1n) is 5.94. The topological polar surface area (TPSA) is 56.7 Å². The van der Waals surface area contributed by atoms with Gasteiger partial charge in [-0.3, -0.25) is 4.68 Å². The van der Waals surface area contributed by atoms with Crippen LogP contribution in [-0.2, 0) is 19.0 Å². The lowest BCUT2D eigenvalue weighted by Crippen LogP contribution is -2.39. The van der Waals surface area contributed by atoms with Crippen LogP contribution in [0.15, 0.2) is 30.5 Å². The Kier molecular flexibility index (Phi) is 3.43. The first-order valence-corrected chi connectivity index (χ1v) is 5.94. The SMILES string of the molecule is CCC(N)(Cc1cn(C)nn1)c1ccccc1F. The summed E-state index contributed by atoms with van der Waals surface area (Å²) in [6, 6.07) is 6.63. The molecule has 5 heteroatoms. The van der Waals surface area contributed by atoms with Crippen LogP contribution in [0.2, 0.25) is 0 Å². The third-order valence-electron chi connectivity index (χ3n) is 3.19. The molecule has 96 valence electrons. The Morgan fingerprint density at radius 3 is 2.67 bits per heavy atom. The zero-order valence-electron chi connectivity index (χ0n) is 10.6. The third kappa shape index (κ3) is 2.41. The van der Waals surface area contributed by atoms with E-state index >= 15 is 0 Å². The predicted octanol–water partition coefficient (Wildman–Crippen LogP) is 1.76. The lowest BCUT2D eigenvalue weighted by atomic mass is 9.84. The van der Waals surface area contributed by atoms with Gasteiger partial charge >= 0.3 is 0 Å². The number of aryl methyl sites for hydroxylation is 1. The fraction of sp³-hybridized carbons (Fsp3) is 0.385. The highest BCUT2D eigenvalue weighted by atomic mass is 19.1. The standard InChI is InChI=1S/C13H17FN4/c1-3-13(15,8-10-9-18(2)17-16-10)11-6-4-5-7-12(11)14/h4-7,9H,3,8,15H2,1-2H3. The Morgan fingerprint density at radius 2 is 2.11 bits per heavy atom. The minimum atomic E-state index is -0.749. The van der Waals surface area contributed by atoms with Crippen molar-refractivity contribution in [3.8, 4) is 0 Å². The van der Waals surface area contributed by atoms with E-state index in [9.17, 15) is 4.39 Å². The molecule has 0 radical (unpaired) electrons. The fourth-order valence-electron chi connectivity index (χ4n) is 2.08. The van der Waals surface area contributed by atoms with Crippen LogP contribution in [0.25, 0.3) is 0 Å². The Hall–Kier alpha value is -1.75. The van der Waals surface area contributed by atoms with Crippen molar-refractivity contribution in [1.82, 2.24) is 15.0 Å². The lowest BCUT2D eigenvalue weighted by molar-refractivity contribution is 0.398. The van der Waals surface area contributed by atoms with E-state index in [1.165, 1.54) is 6.07 Å². The third-order valence-corrected chi connectivity index (χ3v) is 3.19. The van der Waals surface area contributed by atoms with E-state index in [0.29, 0.717) is 18.4 Å². The van der Waals surface area contributed by atoms with E-state index < -0.39 is 5.54 Å². The van der Waals surface area contributed by atoms with Crippen molar-refractivity contribution < 1.29 is 4.39 Å². The second-order valence-electron chi connectivity index (χ2n) is 4.55. The van der Waals surface area contributed by atoms with E-state index in [1.54, 1.807) is 36.1 Å². The van der Waals surface area contributed by atoms with Crippen molar-refractivity contribution >= 4 is 0 Å². The molecule has 2 rings (SSSR count). The van der Waals surface area contributed by atoms with Crippen molar-refractivity contribution in [3.05, 3.63) is 47.5 Å². The Balaban J connectivity index is 2.33. The lowest BCUT2D eigenvalue weighted by Gasteiger charge is -2.28. The molecule has 0 fully saturated rings. The molecule has 1 heterocycles. The molecule has 0 spiro atoms. The summed E-state index contributed by atoms with van der Waals surface area (Å²) in [7, 11) is 1.80. The maximum Gasteiger partial charge on any atom is 0.128 e. The van der Waals surface area contributed by atoms with Gasteiger partial charge in [0.2, 0.25) is 0 Å². The highest BCUT2D eigenvalue weighted by molar-refractivity contribution is 5.27. The number of hydrogen-bond acceptors (Lipinski definition) is 3. The highest BCUT2D eigenvalue weighted by Gasteiger charge is 2.29. The van der Waals surface area contributed by atoms with Gasteiger partial charge in [0.1, 0.15) is 5.82 Å². The zero-order chi connectivity index (χ0) is 13.2. The monoisotopic (exact) mass is 248 g/mol. The average molecular weight is 248 g/mol. The molecular weight excluding hydrogens is 231 g/mol. The van der Waals surface area contributed by atoms with Crippen molar-refractivity contribution in [2.75, 3.05) is 0 Å². The molecule has 0 saturated carbocycles. The van der Waals surface area contributed by atoms with Gasteiger partial charge in [0, 0.05) is 30.8 Å².